The first kappa shape index (κ1) is 15.1. The molecule has 0 N–H and O–H groups in total. The zero-order chi connectivity index (χ0) is 15.2. The number of rotatable bonds is 6. The van der Waals surface area contributed by atoms with E-state index < -0.39 is 0 Å². The Balaban J connectivity index is 1.64. The van der Waals surface area contributed by atoms with Gasteiger partial charge in [-0.15, -0.1) is 0 Å². The number of hydrogen-bond donors (Lipinski definition) is 0. The van der Waals surface area contributed by atoms with Gasteiger partial charge in [0, 0.05) is 24.5 Å². The molecule has 3 nitrogen and oxygen atoms in total. The smallest absolute Gasteiger partial charge is 0.125 e. The van der Waals surface area contributed by atoms with Crippen LogP contribution in [0.3, 0.4) is 0 Å². The number of anilines is 2. The van der Waals surface area contributed by atoms with E-state index in [1.807, 2.05) is 12.1 Å². The molecule has 1 atom stereocenters. The maximum absolute atomic E-state index is 5.99. The highest BCUT2D eigenvalue weighted by molar-refractivity contribution is 5.62. The van der Waals surface area contributed by atoms with Gasteiger partial charge in [0.2, 0.25) is 0 Å². The van der Waals surface area contributed by atoms with Crippen LogP contribution in [0.25, 0.3) is 0 Å². The van der Waals surface area contributed by atoms with Gasteiger partial charge in [0.25, 0.3) is 0 Å². The minimum absolute atomic E-state index is 0.568. The lowest BCUT2D eigenvalue weighted by Gasteiger charge is -2.26. The minimum atomic E-state index is 0.568. The second kappa shape index (κ2) is 7.43. The van der Waals surface area contributed by atoms with Gasteiger partial charge < -0.3 is 9.64 Å². The standard InChI is InChI=1S/C19H24N2O/c1-17-12-13-20(14-17)15-22-16-21(18-8-4-2-5-9-18)19-10-6-3-7-11-19/h2-11,17H,12-16H2,1H3. The highest BCUT2D eigenvalue weighted by Gasteiger charge is 2.18. The second-order valence-electron chi connectivity index (χ2n) is 6.03. The number of para-hydroxylation sites is 2. The molecule has 116 valence electrons. The molecule has 0 radical (unpaired) electrons. The molecule has 1 aliphatic heterocycles. The largest absolute Gasteiger partial charge is 0.345 e. The molecular weight excluding hydrogens is 272 g/mol. The quantitative estimate of drug-likeness (QED) is 0.746. The summed E-state index contributed by atoms with van der Waals surface area (Å²) in [6.07, 6.45) is 1.28. The molecule has 1 fully saturated rings. The van der Waals surface area contributed by atoms with Gasteiger partial charge in [0.05, 0.1) is 0 Å². The number of hydrogen-bond acceptors (Lipinski definition) is 3. The molecule has 1 saturated heterocycles. The average Bonchev–Trinajstić information content (AvgIpc) is 2.99. The van der Waals surface area contributed by atoms with E-state index in [4.69, 9.17) is 4.74 Å². The van der Waals surface area contributed by atoms with Crippen LogP contribution >= 0.6 is 0 Å². The van der Waals surface area contributed by atoms with Crippen molar-refractivity contribution in [3.05, 3.63) is 60.7 Å². The van der Waals surface area contributed by atoms with Crippen LogP contribution in [0.1, 0.15) is 13.3 Å². The topological polar surface area (TPSA) is 15.7 Å². The Morgan fingerprint density at radius 2 is 1.59 bits per heavy atom. The van der Waals surface area contributed by atoms with Crippen molar-refractivity contribution in [2.45, 2.75) is 13.3 Å². The van der Waals surface area contributed by atoms with Gasteiger partial charge in [-0.3, -0.25) is 4.90 Å². The first-order chi connectivity index (χ1) is 10.8. The fourth-order valence-corrected chi connectivity index (χ4v) is 2.92. The Labute approximate surface area is 133 Å². The van der Waals surface area contributed by atoms with Crippen LogP contribution in [-0.2, 0) is 4.74 Å². The Morgan fingerprint density at radius 1 is 1.00 bits per heavy atom. The number of benzene rings is 2. The maximum Gasteiger partial charge on any atom is 0.125 e. The molecule has 3 heteroatoms. The van der Waals surface area contributed by atoms with Crippen molar-refractivity contribution < 1.29 is 4.74 Å². The molecule has 3 rings (SSSR count). The first-order valence-electron chi connectivity index (χ1n) is 8.00. The molecule has 0 bridgehead atoms. The van der Waals surface area contributed by atoms with Crippen LogP contribution in [0.4, 0.5) is 11.4 Å². The molecule has 2 aromatic carbocycles. The van der Waals surface area contributed by atoms with Crippen LogP contribution in [-0.4, -0.2) is 31.5 Å². The summed E-state index contributed by atoms with van der Waals surface area (Å²) in [6, 6.07) is 20.8. The predicted octanol–water partition coefficient (Wildman–Crippen LogP) is 4.10. The van der Waals surface area contributed by atoms with E-state index in [1.54, 1.807) is 0 Å². The Hall–Kier alpha value is -1.84. The summed E-state index contributed by atoms with van der Waals surface area (Å²) >= 11 is 0. The van der Waals surface area contributed by atoms with E-state index in [1.165, 1.54) is 6.42 Å². The summed E-state index contributed by atoms with van der Waals surface area (Å²) in [5.74, 6) is 0.794. The van der Waals surface area contributed by atoms with E-state index in [-0.39, 0.29) is 0 Å². The van der Waals surface area contributed by atoms with Gasteiger partial charge >= 0.3 is 0 Å². The summed E-state index contributed by atoms with van der Waals surface area (Å²) in [5.41, 5.74) is 2.31. The van der Waals surface area contributed by atoms with Crippen molar-refractivity contribution >= 4 is 11.4 Å². The third-order valence-corrected chi connectivity index (χ3v) is 4.14. The molecule has 1 heterocycles. The van der Waals surface area contributed by atoms with Crippen molar-refractivity contribution in [2.75, 3.05) is 31.5 Å². The third kappa shape index (κ3) is 3.87. The molecule has 0 amide bonds. The Morgan fingerprint density at radius 3 is 2.09 bits per heavy atom. The minimum Gasteiger partial charge on any atom is -0.345 e. The lowest BCUT2D eigenvalue weighted by Crippen LogP contribution is -2.28. The summed E-state index contributed by atoms with van der Waals surface area (Å²) in [5, 5.41) is 0. The second-order valence-corrected chi connectivity index (χ2v) is 6.03. The maximum atomic E-state index is 5.99. The molecular formula is C19H24N2O. The predicted molar refractivity (Wildman–Crippen MR) is 91.2 cm³/mol. The number of nitrogens with zero attached hydrogens (tertiary/aromatic N) is 2. The summed E-state index contributed by atoms with van der Waals surface area (Å²) in [6.45, 7) is 5.88. The number of likely N-dealkylation sites (tertiary alicyclic amines) is 1. The summed E-state index contributed by atoms with van der Waals surface area (Å²) in [7, 11) is 0. The summed E-state index contributed by atoms with van der Waals surface area (Å²) in [4.78, 5) is 4.60. The lowest BCUT2D eigenvalue weighted by atomic mass is 10.2. The van der Waals surface area contributed by atoms with E-state index >= 15 is 0 Å². The van der Waals surface area contributed by atoms with Crippen molar-refractivity contribution in [3.8, 4) is 0 Å². The van der Waals surface area contributed by atoms with E-state index in [2.05, 4.69) is 65.3 Å². The van der Waals surface area contributed by atoms with E-state index in [0.717, 1.165) is 30.4 Å². The van der Waals surface area contributed by atoms with Gasteiger partial charge in [-0.05, 0) is 36.6 Å². The van der Waals surface area contributed by atoms with Crippen molar-refractivity contribution in [1.29, 1.82) is 0 Å². The summed E-state index contributed by atoms with van der Waals surface area (Å²) < 4.78 is 5.99. The molecule has 0 spiro atoms. The van der Waals surface area contributed by atoms with Crippen molar-refractivity contribution in [3.63, 3.8) is 0 Å². The lowest BCUT2D eigenvalue weighted by molar-refractivity contribution is 0.0439. The van der Waals surface area contributed by atoms with Crippen LogP contribution < -0.4 is 4.90 Å². The number of ether oxygens (including phenoxy) is 1. The molecule has 1 unspecified atom stereocenters. The first-order valence-corrected chi connectivity index (χ1v) is 8.00. The SMILES string of the molecule is CC1CCN(COCN(c2ccccc2)c2ccccc2)C1. The van der Waals surface area contributed by atoms with Gasteiger partial charge in [-0.25, -0.2) is 0 Å². The monoisotopic (exact) mass is 296 g/mol. The van der Waals surface area contributed by atoms with Crippen LogP contribution in [0.5, 0.6) is 0 Å². The molecule has 22 heavy (non-hydrogen) atoms. The van der Waals surface area contributed by atoms with E-state index in [9.17, 15) is 0 Å². The zero-order valence-corrected chi connectivity index (χ0v) is 13.2. The highest BCUT2D eigenvalue weighted by atomic mass is 16.5. The molecule has 0 aliphatic carbocycles. The van der Waals surface area contributed by atoms with Gasteiger partial charge in [0.15, 0.2) is 0 Å². The zero-order valence-electron chi connectivity index (χ0n) is 13.2. The highest BCUT2D eigenvalue weighted by Crippen LogP contribution is 2.24. The molecule has 2 aromatic rings. The van der Waals surface area contributed by atoms with Crippen LogP contribution in [0.2, 0.25) is 0 Å². The molecule has 0 aromatic heterocycles. The van der Waals surface area contributed by atoms with Crippen molar-refractivity contribution in [2.24, 2.45) is 5.92 Å². The van der Waals surface area contributed by atoms with E-state index in [0.29, 0.717) is 13.5 Å². The molecule has 0 saturated carbocycles. The average molecular weight is 296 g/mol. The normalized spacial score (nSPS) is 18.5. The van der Waals surface area contributed by atoms with Gasteiger partial charge in [-0.1, -0.05) is 43.3 Å². The third-order valence-electron chi connectivity index (χ3n) is 4.14. The Kier molecular flexibility index (Phi) is 5.09. The fourth-order valence-electron chi connectivity index (χ4n) is 2.92. The fraction of sp³-hybridized carbons (Fsp3) is 0.368. The molecule has 1 aliphatic rings. The van der Waals surface area contributed by atoms with Gasteiger partial charge in [-0.2, -0.15) is 0 Å². The van der Waals surface area contributed by atoms with Crippen LogP contribution in [0.15, 0.2) is 60.7 Å². The van der Waals surface area contributed by atoms with Crippen LogP contribution in [0, 0.1) is 5.92 Å². The van der Waals surface area contributed by atoms with Gasteiger partial charge in [0.1, 0.15) is 13.5 Å². The Bertz CT molecular complexity index is 519. The van der Waals surface area contributed by atoms with Crippen molar-refractivity contribution in [1.82, 2.24) is 4.90 Å².